The van der Waals surface area contributed by atoms with E-state index in [4.69, 9.17) is 9.47 Å². The monoisotopic (exact) mass is 386 g/mol. The van der Waals surface area contributed by atoms with Crippen molar-refractivity contribution in [1.29, 1.82) is 0 Å². The molecule has 6 heteroatoms. The molecule has 3 rings (SSSR count). The molecule has 1 aromatic heterocycles. The number of benzene rings is 1. The Morgan fingerprint density at radius 1 is 1.18 bits per heavy atom. The summed E-state index contributed by atoms with van der Waals surface area (Å²) in [4.78, 5) is 27.3. The predicted molar refractivity (Wildman–Crippen MR) is 109 cm³/mol. The maximum absolute atomic E-state index is 13.4. The Kier molecular flexibility index (Phi) is 6.60. The van der Waals surface area contributed by atoms with E-state index in [1.165, 1.54) is 0 Å². The van der Waals surface area contributed by atoms with Crippen molar-refractivity contribution in [3.63, 3.8) is 0 Å². The van der Waals surface area contributed by atoms with Crippen LogP contribution in [0.2, 0.25) is 0 Å². The Morgan fingerprint density at radius 2 is 2.00 bits per heavy atom. The summed E-state index contributed by atoms with van der Waals surface area (Å²) < 4.78 is 13.0. The van der Waals surface area contributed by atoms with Crippen molar-refractivity contribution < 1.29 is 19.1 Å². The second-order valence-electron chi connectivity index (χ2n) is 7.15. The molecule has 0 radical (unpaired) electrons. The van der Waals surface area contributed by atoms with Gasteiger partial charge in [0.15, 0.2) is 0 Å². The van der Waals surface area contributed by atoms with Gasteiger partial charge in [-0.2, -0.15) is 0 Å². The molecule has 28 heavy (non-hydrogen) atoms. The van der Waals surface area contributed by atoms with Gasteiger partial charge < -0.3 is 18.9 Å². The molecule has 1 aromatic carbocycles. The molecule has 2 aromatic rings. The van der Waals surface area contributed by atoms with Crippen LogP contribution in [0.4, 0.5) is 0 Å². The number of carbonyl (C=O) groups excluding carboxylic acids is 2. The minimum atomic E-state index is -0.236. The van der Waals surface area contributed by atoms with Crippen molar-refractivity contribution in [1.82, 2.24) is 9.47 Å². The molecule has 6 nitrogen and oxygen atoms in total. The summed E-state index contributed by atoms with van der Waals surface area (Å²) in [7, 11) is 0. The molecule has 1 atom stereocenters. The van der Waals surface area contributed by atoms with Gasteiger partial charge in [-0.05, 0) is 51.3 Å². The summed E-state index contributed by atoms with van der Waals surface area (Å²) in [6.45, 7) is 8.66. The van der Waals surface area contributed by atoms with Crippen molar-refractivity contribution in [2.75, 3.05) is 26.3 Å². The average molecular weight is 386 g/mol. The molecule has 0 N–H and O–H groups in total. The van der Waals surface area contributed by atoms with Gasteiger partial charge in [0.05, 0.1) is 24.6 Å². The van der Waals surface area contributed by atoms with Crippen LogP contribution in [-0.4, -0.2) is 47.6 Å². The van der Waals surface area contributed by atoms with E-state index >= 15 is 0 Å². The Labute approximate surface area is 166 Å². The summed E-state index contributed by atoms with van der Waals surface area (Å²) in [5.74, 6) is 0.335. The first-order chi connectivity index (χ1) is 13.6. The number of ether oxygens (including phenoxy) is 2. The number of esters is 1. The van der Waals surface area contributed by atoms with Crippen LogP contribution in [0.15, 0.2) is 24.3 Å². The summed E-state index contributed by atoms with van der Waals surface area (Å²) in [5.41, 5.74) is 1.67. The van der Waals surface area contributed by atoms with Gasteiger partial charge in [0, 0.05) is 25.0 Å². The highest BCUT2D eigenvalue weighted by Gasteiger charge is 2.31. The normalized spacial score (nSPS) is 17.0. The zero-order valence-corrected chi connectivity index (χ0v) is 17.1. The maximum atomic E-state index is 13.4. The molecule has 0 saturated carbocycles. The van der Waals surface area contributed by atoms with Crippen molar-refractivity contribution in [3.05, 3.63) is 30.0 Å². The number of piperidine rings is 1. The van der Waals surface area contributed by atoms with Crippen molar-refractivity contribution in [3.8, 4) is 5.75 Å². The molecule has 2 heterocycles. The van der Waals surface area contributed by atoms with Gasteiger partial charge in [-0.3, -0.25) is 9.59 Å². The summed E-state index contributed by atoms with van der Waals surface area (Å²) in [6, 6.07) is 7.87. The lowest BCUT2D eigenvalue weighted by Gasteiger charge is -2.31. The molecular formula is C22H30N2O4. The van der Waals surface area contributed by atoms with E-state index in [2.05, 4.69) is 11.5 Å². The van der Waals surface area contributed by atoms with Gasteiger partial charge in [-0.15, -0.1) is 0 Å². The van der Waals surface area contributed by atoms with E-state index in [9.17, 15) is 9.59 Å². The number of nitrogens with zero attached hydrogens (tertiary/aromatic N) is 2. The Balaban J connectivity index is 1.93. The fraction of sp³-hybridized carbons (Fsp3) is 0.545. The molecule has 1 amide bonds. The largest absolute Gasteiger partial charge is 0.493 e. The van der Waals surface area contributed by atoms with Gasteiger partial charge in [0.1, 0.15) is 11.4 Å². The van der Waals surface area contributed by atoms with Crippen molar-refractivity contribution in [2.45, 2.75) is 46.6 Å². The molecule has 0 spiro atoms. The number of likely N-dealkylation sites (tertiary alicyclic amines) is 1. The van der Waals surface area contributed by atoms with E-state index in [1.54, 1.807) is 4.90 Å². The van der Waals surface area contributed by atoms with Gasteiger partial charge in [-0.25, -0.2) is 0 Å². The SMILES string of the molecule is CCCn1c(C(=O)N2CCC[C@@H](C(=O)OCC)C2)cc2c(OCC)cccc21. The number of fused-ring (bicyclic) bond motifs is 1. The number of hydrogen-bond donors (Lipinski definition) is 0. The van der Waals surface area contributed by atoms with E-state index in [0.29, 0.717) is 32.0 Å². The van der Waals surface area contributed by atoms with E-state index in [0.717, 1.165) is 42.5 Å². The highest BCUT2D eigenvalue weighted by molar-refractivity contribution is 6.00. The lowest BCUT2D eigenvalue weighted by molar-refractivity contribution is -0.149. The fourth-order valence-corrected chi connectivity index (χ4v) is 3.96. The molecule has 1 saturated heterocycles. The number of amides is 1. The van der Waals surface area contributed by atoms with Crippen LogP contribution in [0.3, 0.4) is 0 Å². The topological polar surface area (TPSA) is 60.8 Å². The molecule has 0 unspecified atom stereocenters. The zero-order valence-electron chi connectivity index (χ0n) is 17.1. The van der Waals surface area contributed by atoms with Crippen LogP contribution in [0.25, 0.3) is 10.9 Å². The van der Waals surface area contributed by atoms with Gasteiger partial charge in [0.25, 0.3) is 5.91 Å². The average Bonchev–Trinajstić information content (AvgIpc) is 3.08. The number of carbonyl (C=O) groups is 2. The number of rotatable bonds is 7. The van der Waals surface area contributed by atoms with Crippen LogP contribution in [-0.2, 0) is 16.1 Å². The summed E-state index contributed by atoms with van der Waals surface area (Å²) in [6.07, 6.45) is 2.51. The highest BCUT2D eigenvalue weighted by atomic mass is 16.5. The molecule has 152 valence electrons. The maximum Gasteiger partial charge on any atom is 0.310 e. The lowest BCUT2D eigenvalue weighted by Crippen LogP contribution is -2.43. The molecule has 0 aliphatic carbocycles. The lowest BCUT2D eigenvalue weighted by atomic mass is 9.98. The number of aryl methyl sites for hydroxylation is 1. The van der Waals surface area contributed by atoms with E-state index in [-0.39, 0.29) is 17.8 Å². The van der Waals surface area contributed by atoms with Crippen LogP contribution >= 0.6 is 0 Å². The highest BCUT2D eigenvalue weighted by Crippen LogP contribution is 2.31. The first kappa shape index (κ1) is 20.2. The smallest absolute Gasteiger partial charge is 0.310 e. The van der Waals surface area contributed by atoms with Crippen molar-refractivity contribution >= 4 is 22.8 Å². The standard InChI is InChI=1S/C22H30N2O4/c1-4-12-24-18-10-7-11-20(27-5-2)17(18)14-19(24)21(25)23-13-8-9-16(15-23)22(26)28-6-3/h7,10-11,14,16H,4-6,8-9,12-13,15H2,1-3H3/t16-/m1/s1. The fourth-order valence-electron chi connectivity index (χ4n) is 3.96. The van der Waals surface area contributed by atoms with Gasteiger partial charge >= 0.3 is 5.97 Å². The molecule has 1 aliphatic heterocycles. The first-order valence-corrected chi connectivity index (χ1v) is 10.3. The molecular weight excluding hydrogens is 356 g/mol. The second kappa shape index (κ2) is 9.13. The Morgan fingerprint density at radius 3 is 2.71 bits per heavy atom. The first-order valence-electron chi connectivity index (χ1n) is 10.3. The van der Waals surface area contributed by atoms with E-state index in [1.807, 2.05) is 38.1 Å². The second-order valence-corrected chi connectivity index (χ2v) is 7.15. The third kappa shape index (κ3) is 4.01. The Hall–Kier alpha value is -2.50. The van der Waals surface area contributed by atoms with Crippen LogP contribution in [0.5, 0.6) is 5.75 Å². The predicted octanol–water partition coefficient (Wildman–Crippen LogP) is 3.87. The Bertz CT molecular complexity index is 842. The van der Waals surface area contributed by atoms with Gasteiger partial charge in [-0.1, -0.05) is 13.0 Å². The quantitative estimate of drug-likeness (QED) is 0.678. The van der Waals surface area contributed by atoms with Crippen molar-refractivity contribution in [2.24, 2.45) is 5.92 Å². The number of hydrogen-bond acceptors (Lipinski definition) is 4. The van der Waals surface area contributed by atoms with E-state index < -0.39 is 0 Å². The molecule has 1 aliphatic rings. The summed E-state index contributed by atoms with van der Waals surface area (Å²) >= 11 is 0. The molecule has 0 bridgehead atoms. The third-order valence-corrected chi connectivity index (χ3v) is 5.20. The van der Waals surface area contributed by atoms with Crippen LogP contribution < -0.4 is 4.74 Å². The zero-order chi connectivity index (χ0) is 20.1. The minimum absolute atomic E-state index is 0.0268. The summed E-state index contributed by atoms with van der Waals surface area (Å²) in [5, 5.41) is 0.958. The van der Waals surface area contributed by atoms with Gasteiger partial charge in [0.2, 0.25) is 0 Å². The minimum Gasteiger partial charge on any atom is -0.493 e. The third-order valence-electron chi connectivity index (χ3n) is 5.20. The van der Waals surface area contributed by atoms with Crippen LogP contribution in [0.1, 0.15) is 50.5 Å². The molecule has 1 fully saturated rings. The van der Waals surface area contributed by atoms with Crippen LogP contribution in [0, 0.1) is 5.92 Å². The number of aromatic nitrogens is 1.